The molecule has 1 heterocycles. The molecule has 2 rings (SSSR count). The van der Waals surface area contributed by atoms with Gasteiger partial charge in [0, 0.05) is 18.6 Å². The lowest BCUT2D eigenvalue weighted by Gasteiger charge is -2.30. The Morgan fingerprint density at radius 2 is 2.16 bits per heavy atom. The van der Waals surface area contributed by atoms with Gasteiger partial charge in [0.25, 0.3) is 0 Å². The van der Waals surface area contributed by atoms with E-state index in [1.165, 1.54) is 25.7 Å². The Balaban J connectivity index is 2.12. The SMILES string of the molecule is CC[C@H](N)c1ccc(N(CCO)C2CCCC2)cn1. The van der Waals surface area contributed by atoms with Crippen molar-refractivity contribution in [2.24, 2.45) is 5.73 Å². The first-order valence-corrected chi connectivity index (χ1v) is 7.35. The maximum atomic E-state index is 9.26. The first-order valence-electron chi connectivity index (χ1n) is 7.35. The standard InChI is InChI=1S/C15H25N3O/c1-2-14(16)15-8-7-13(11-17-15)18(9-10-19)12-5-3-4-6-12/h7-8,11-12,14,19H,2-6,9-10,16H2,1H3/t14-/m0/s1. The molecule has 0 unspecified atom stereocenters. The molecule has 1 aliphatic carbocycles. The van der Waals surface area contributed by atoms with Crippen LogP contribution in [0.25, 0.3) is 0 Å². The van der Waals surface area contributed by atoms with Crippen LogP contribution in [0.2, 0.25) is 0 Å². The van der Waals surface area contributed by atoms with Crippen molar-refractivity contribution in [2.45, 2.75) is 51.1 Å². The topological polar surface area (TPSA) is 62.4 Å². The van der Waals surface area contributed by atoms with Gasteiger partial charge in [0.05, 0.1) is 24.2 Å². The molecule has 106 valence electrons. The lowest BCUT2D eigenvalue weighted by molar-refractivity contribution is 0.297. The molecule has 0 bridgehead atoms. The Morgan fingerprint density at radius 3 is 2.68 bits per heavy atom. The van der Waals surface area contributed by atoms with Crippen molar-refractivity contribution in [3.05, 3.63) is 24.0 Å². The zero-order chi connectivity index (χ0) is 13.7. The minimum Gasteiger partial charge on any atom is -0.395 e. The highest BCUT2D eigenvalue weighted by atomic mass is 16.3. The number of aliphatic hydroxyl groups excluding tert-OH is 1. The highest BCUT2D eigenvalue weighted by Gasteiger charge is 2.22. The molecule has 1 aromatic heterocycles. The van der Waals surface area contributed by atoms with Gasteiger partial charge >= 0.3 is 0 Å². The second-order valence-corrected chi connectivity index (χ2v) is 5.31. The predicted octanol–water partition coefficient (Wildman–Crippen LogP) is 2.23. The molecular formula is C15H25N3O. The van der Waals surface area contributed by atoms with Crippen molar-refractivity contribution in [3.8, 4) is 0 Å². The third kappa shape index (κ3) is 3.45. The first kappa shape index (κ1) is 14.3. The Hall–Kier alpha value is -1.13. The molecule has 0 saturated heterocycles. The smallest absolute Gasteiger partial charge is 0.0606 e. The van der Waals surface area contributed by atoms with Crippen molar-refractivity contribution in [2.75, 3.05) is 18.1 Å². The summed E-state index contributed by atoms with van der Waals surface area (Å²) in [4.78, 5) is 6.77. The summed E-state index contributed by atoms with van der Waals surface area (Å²) in [5, 5.41) is 9.26. The average molecular weight is 263 g/mol. The lowest BCUT2D eigenvalue weighted by atomic mass is 10.1. The van der Waals surface area contributed by atoms with Gasteiger partial charge in [0.1, 0.15) is 0 Å². The van der Waals surface area contributed by atoms with Gasteiger partial charge in [-0.25, -0.2) is 0 Å². The van der Waals surface area contributed by atoms with E-state index in [4.69, 9.17) is 5.73 Å². The summed E-state index contributed by atoms with van der Waals surface area (Å²) in [5.41, 5.74) is 8.04. The molecule has 0 radical (unpaired) electrons. The van der Waals surface area contributed by atoms with Gasteiger partial charge in [0.2, 0.25) is 0 Å². The van der Waals surface area contributed by atoms with Gasteiger partial charge in [-0.1, -0.05) is 19.8 Å². The molecule has 0 amide bonds. The van der Waals surface area contributed by atoms with E-state index in [2.05, 4.69) is 22.9 Å². The van der Waals surface area contributed by atoms with E-state index in [-0.39, 0.29) is 12.6 Å². The van der Waals surface area contributed by atoms with Crippen LogP contribution in [-0.4, -0.2) is 29.3 Å². The van der Waals surface area contributed by atoms with Crippen molar-refractivity contribution >= 4 is 5.69 Å². The first-order chi connectivity index (χ1) is 9.26. The van der Waals surface area contributed by atoms with E-state index in [1.807, 2.05) is 12.3 Å². The fourth-order valence-corrected chi connectivity index (χ4v) is 2.84. The summed E-state index contributed by atoms with van der Waals surface area (Å²) >= 11 is 0. The van der Waals surface area contributed by atoms with E-state index in [9.17, 15) is 5.11 Å². The van der Waals surface area contributed by atoms with E-state index in [1.54, 1.807) is 0 Å². The Kier molecular flexibility index (Phi) is 5.16. The zero-order valence-corrected chi connectivity index (χ0v) is 11.8. The van der Waals surface area contributed by atoms with E-state index in [0.29, 0.717) is 12.6 Å². The normalized spacial score (nSPS) is 17.6. The van der Waals surface area contributed by atoms with Gasteiger partial charge in [0.15, 0.2) is 0 Å². The van der Waals surface area contributed by atoms with Crippen molar-refractivity contribution in [1.82, 2.24) is 4.98 Å². The van der Waals surface area contributed by atoms with Crippen molar-refractivity contribution in [1.29, 1.82) is 0 Å². The molecule has 0 aliphatic heterocycles. The van der Waals surface area contributed by atoms with Crippen LogP contribution in [0, 0.1) is 0 Å². The number of aliphatic hydroxyl groups is 1. The second kappa shape index (κ2) is 6.87. The summed E-state index contributed by atoms with van der Waals surface area (Å²) in [7, 11) is 0. The third-order valence-corrected chi connectivity index (χ3v) is 4.03. The monoisotopic (exact) mass is 263 g/mol. The van der Waals surface area contributed by atoms with E-state index in [0.717, 1.165) is 17.8 Å². The molecule has 0 spiro atoms. The maximum absolute atomic E-state index is 9.26. The molecule has 1 atom stereocenters. The third-order valence-electron chi connectivity index (χ3n) is 4.03. The molecule has 0 aromatic carbocycles. The summed E-state index contributed by atoms with van der Waals surface area (Å²) in [6.07, 6.45) is 7.82. The molecule has 4 nitrogen and oxygen atoms in total. The number of aromatic nitrogens is 1. The number of pyridine rings is 1. The van der Waals surface area contributed by atoms with Gasteiger partial charge < -0.3 is 15.7 Å². The van der Waals surface area contributed by atoms with Gasteiger partial charge in [-0.05, 0) is 31.4 Å². The summed E-state index contributed by atoms with van der Waals surface area (Å²) in [5.74, 6) is 0. The number of rotatable bonds is 6. The minimum absolute atomic E-state index is 0.0202. The molecule has 4 heteroatoms. The molecule has 3 N–H and O–H groups in total. The van der Waals surface area contributed by atoms with Crippen LogP contribution in [0.15, 0.2) is 18.3 Å². The summed E-state index contributed by atoms with van der Waals surface area (Å²) in [6, 6.07) is 4.68. The summed E-state index contributed by atoms with van der Waals surface area (Å²) < 4.78 is 0. The number of nitrogens with two attached hydrogens (primary N) is 1. The molecule has 1 fully saturated rings. The van der Waals surface area contributed by atoms with Crippen LogP contribution >= 0.6 is 0 Å². The van der Waals surface area contributed by atoms with Gasteiger partial charge in [-0.15, -0.1) is 0 Å². The number of hydrogen-bond donors (Lipinski definition) is 2. The second-order valence-electron chi connectivity index (χ2n) is 5.31. The van der Waals surface area contributed by atoms with Crippen LogP contribution < -0.4 is 10.6 Å². The van der Waals surface area contributed by atoms with E-state index >= 15 is 0 Å². The fourth-order valence-electron chi connectivity index (χ4n) is 2.84. The number of anilines is 1. The number of hydrogen-bond acceptors (Lipinski definition) is 4. The molecule has 1 aliphatic rings. The Bertz CT molecular complexity index is 373. The molecule has 1 aromatic rings. The van der Waals surface area contributed by atoms with Crippen LogP contribution in [-0.2, 0) is 0 Å². The quantitative estimate of drug-likeness (QED) is 0.826. The van der Waals surface area contributed by atoms with Crippen molar-refractivity contribution < 1.29 is 5.11 Å². The number of nitrogens with zero attached hydrogens (tertiary/aromatic N) is 2. The zero-order valence-electron chi connectivity index (χ0n) is 11.8. The maximum Gasteiger partial charge on any atom is 0.0606 e. The van der Waals surface area contributed by atoms with Crippen molar-refractivity contribution in [3.63, 3.8) is 0 Å². The molecular weight excluding hydrogens is 238 g/mol. The van der Waals surface area contributed by atoms with E-state index < -0.39 is 0 Å². The highest BCUT2D eigenvalue weighted by molar-refractivity contribution is 5.46. The summed E-state index contributed by atoms with van der Waals surface area (Å²) in [6.45, 7) is 2.94. The van der Waals surface area contributed by atoms with Crippen LogP contribution in [0.4, 0.5) is 5.69 Å². The van der Waals surface area contributed by atoms with Crippen LogP contribution in [0.1, 0.15) is 50.8 Å². The average Bonchev–Trinajstić information content (AvgIpc) is 2.98. The van der Waals surface area contributed by atoms with Crippen LogP contribution in [0.5, 0.6) is 0 Å². The molecule has 1 saturated carbocycles. The predicted molar refractivity (Wildman–Crippen MR) is 78.1 cm³/mol. The van der Waals surface area contributed by atoms with Crippen LogP contribution in [0.3, 0.4) is 0 Å². The molecule has 19 heavy (non-hydrogen) atoms. The largest absolute Gasteiger partial charge is 0.395 e. The fraction of sp³-hybridized carbons (Fsp3) is 0.667. The van der Waals surface area contributed by atoms with Gasteiger partial charge in [-0.2, -0.15) is 0 Å². The highest BCUT2D eigenvalue weighted by Crippen LogP contribution is 2.28. The van der Waals surface area contributed by atoms with Gasteiger partial charge in [-0.3, -0.25) is 4.98 Å². The Morgan fingerprint density at radius 1 is 1.42 bits per heavy atom. The minimum atomic E-state index is 0.0202. The Labute approximate surface area is 115 Å². The lowest BCUT2D eigenvalue weighted by Crippen LogP contribution is -2.35.